The maximum Gasteiger partial charge on any atom is 0.269 e. The number of carbonyl (C=O) groups is 1. The monoisotopic (exact) mass is 329 g/mol. The van der Waals surface area contributed by atoms with Gasteiger partial charge in [0.1, 0.15) is 23.0 Å². The van der Waals surface area contributed by atoms with Gasteiger partial charge in [-0.25, -0.2) is 4.39 Å². The second-order valence-electron chi connectivity index (χ2n) is 5.15. The SMILES string of the molecule is COc1ccc(-c2cc(C(=O)NCc3ccco3)n(C)n2)c(F)c1. The number of nitrogens with zero attached hydrogens (tertiary/aromatic N) is 2. The van der Waals surface area contributed by atoms with Crippen molar-refractivity contribution in [1.82, 2.24) is 15.1 Å². The van der Waals surface area contributed by atoms with Crippen LogP contribution in [-0.4, -0.2) is 22.8 Å². The lowest BCUT2D eigenvalue weighted by molar-refractivity contribution is 0.0938. The van der Waals surface area contributed by atoms with Gasteiger partial charge < -0.3 is 14.5 Å². The van der Waals surface area contributed by atoms with E-state index in [0.717, 1.165) is 0 Å². The van der Waals surface area contributed by atoms with Crippen molar-refractivity contribution in [3.05, 3.63) is 59.9 Å². The predicted octanol–water partition coefficient (Wildman–Crippen LogP) is 2.76. The first-order valence-electron chi connectivity index (χ1n) is 7.27. The number of benzene rings is 1. The molecular weight excluding hydrogens is 313 g/mol. The summed E-state index contributed by atoms with van der Waals surface area (Å²) < 4.78 is 25.7. The standard InChI is InChI=1S/C17H16FN3O3/c1-21-16(17(22)19-10-12-4-3-7-24-12)9-15(20-21)13-6-5-11(23-2)8-14(13)18/h3-9H,10H2,1-2H3,(H,19,22). The normalized spacial score (nSPS) is 10.6. The van der Waals surface area contributed by atoms with E-state index in [9.17, 15) is 9.18 Å². The molecule has 1 N–H and O–H groups in total. The summed E-state index contributed by atoms with van der Waals surface area (Å²) in [6.07, 6.45) is 1.54. The number of halogens is 1. The van der Waals surface area contributed by atoms with Gasteiger partial charge in [0, 0.05) is 18.7 Å². The van der Waals surface area contributed by atoms with Gasteiger partial charge in [0.2, 0.25) is 0 Å². The molecule has 0 fully saturated rings. The fourth-order valence-corrected chi connectivity index (χ4v) is 2.31. The maximum absolute atomic E-state index is 14.2. The summed E-state index contributed by atoms with van der Waals surface area (Å²) >= 11 is 0. The lowest BCUT2D eigenvalue weighted by Gasteiger charge is -2.02. The zero-order valence-corrected chi connectivity index (χ0v) is 13.2. The number of aromatic nitrogens is 2. The number of hydrogen-bond donors (Lipinski definition) is 1. The molecular formula is C17H16FN3O3. The first-order valence-corrected chi connectivity index (χ1v) is 7.27. The molecule has 0 bridgehead atoms. The average molecular weight is 329 g/mol. The molecule has 3 aromatic rings. The van der Waals surface area contributed by atoms with Crippen molar-refractivity contribution >= 4 is 5.91 Å². The van der Waals surface area contributed by atoms with Crippen molar-refractivity contribution in [3.8, 4) is 17.0 Å². The van der Waals surface area contributed by atoms with Crippen LogP contribution in [0.15, 0.2) is 47.1 Å². The molecule has 7 heteroatoms. The highest BCUT2D eigenvalue weighted by Gasteiger charge is 2.17. The Bertz CT molecular complexity index is 856. The summed E-state index contributed by atoms with van der Waals surface area (Å²) in [6, 6.07) is 9.55. The van der Waals surface area contributed by atoms with Crippen molar-refractivity contribution in [2.24, 2.45) is 7.05 Å². The zero-order valence-electron chi connectivity index (χ0n) is 13.2. The van der Waals surface area contributed by atoms with Gasteiger partial charge in [-0.1, -0.05) is 0 Å². The van der Waals surface area contributed by atoms with Crippen LogP contribution in [-0.2, 0) is 13.6 Å². The molecule has 0 saturated heterocycles. The molecule has 24 heavy (non-hydrogen) atoms. The van der Waals surface area contributed by atoms with E-state index in [0.29, 0.717) is 28.5 Å². The molecule has 6 nitrogen and oxygen atoms in total. The van der Waals surface area contributed by atoms with Crippen LogP contribution in [0.4, 0.5) is 4.39 Å². The Morgan fingerprint density at radius 1 is 1.38 bits per heavy atom. The number of aryl methyl sites for hydroxylation is 1. The largest absolute Gasteiger partial charge is 0.497 e. The van der Waals surface area contributed by atoms with Crippen molar-refractivity contribution in [1.29, 1.82) is 0 Å². The average Bonchev–Trinajstić information content (AvgIpc) is 3.22. The predicted molar refractivity (Wildman–Crippen MR) is 85.0 cm³/mol. The van der Waals surface area contributed by atoms with Crippen molar-refractivity contribution in [2.45, 2.75) is 6.54 Å². The van der Waals surface area contributed by atoms with E-state index in [1.54, 1.807) is 37.4 Å². The number of hydrogen-bond acceptors (Lipinski definition) is 4. The molecule has 0 atom stereocenters. The molecule has 1 amide bonds. The Morgan fingerprint density at radius 3 is 2.88 bits per heavy atom. The van der Waals surface area contributed by atoms with Gasteiger partial charge in [-0.05, 0) is 30.3 Å². The highest BCUT2D eigenvalue weighted by atomic mass is 19.1. The zero-order chi connectivity index (χ0) is 17.1. The fourth-order valence-electron chi connectivity index (χ4n) is 2.31. The minimum Gasteiger partial charge on any atom is -0.497 e. The molecule has 0 aliphatic rings. The lowest BCUT2D eigenvalue weighted by atomic mass is 10.1. The molecule has 2 aromatic heterocycles. The fraction of sp³-hybridized carbons (Fsp3) is 0.176. The van der Waals surface area contributed by atoms with Gasteiger partial charge in [0.15, 0.2) is 0 Å². The summed E-state index contributed by atoms with van der Waals surface area (Å²) in [5, 5.41) is 6.95. The van der Waals surface area contributed by atoms with E-state index in [2.05, 4.69) is 10.4 Å². The van der Waals surface area contributed by atoms with Crippen LogP contribution < -0.4 is 10.1 Å². The van der Waals surface area contributed by atoms with E-state index >= 15 is 0 Å². The van der Waals surface area contributed by atoms with Crippen LogP contribution in [0.2, 0.25) is 0 Å². The maximum atomic E-state index is 14.2. The highest BCUT2D eigenvalue weighted by Crippen LogP contribution is 2.25. The minimum atomic E-state index is -0.463. The lowest BCUT2D eigenvalue weighted by Crippen LogP contribution is -2.24. The van der Waals surface area contributed by atoms with Crippen LogP contribution >= 0.6 is 0 Å². The molecule has 0 saturated carbocycles. The highest BCUT2D eigenvalue weighted by molar-refractivity contribution is 5.93. The number of nitrogens with one attached hydrogen (secondary N) is 1. The summed E-state index contributed by atoms with van der Waals surface area (Å²) in [4.78, 5) is 12.3. The third-order valence-corrected chi connectivity index (χ3v) is 3.57. The quantitative estimate of drug-likeness (QED) is 0.781. The van der Waals surface area contributed by atoms with Gasteiger partial charge in [-0.15, -0.1) is 0 Å². The van der Waals surface area contributed by atoms with Crippen molar-refractivity contribution in [3.63, 3.8) is 0 Å². The van der Waals surface area contributed by atoms with Crippen LogP contribution in [0.1, 0.15) is 16.2 Å². The number of methoxy groups -OCH3 is 1. The Balaban J connectivity index is 1.80. The molecule has 0 unspecified atom stereocenters. The number of amides is 1. The van der Waals surface area contributed by atoms with Gasteiger partial charge in [-0.3, -0.25) is 9.48 Å². The molecule has 124 valence electrons. The number of ether oxygens (including phenoxy) is 1. The number of furan rings is 1. The van der Waals surface area contributed by atoms with Gasteiger partial charge >= 0.3 is 0 Å². The number of carbonyl (C=O) groups excluding carboxylic acids is 1. The molecule has 1 aromatic carbocycles. The summed E-state index contributed by atoms with van der Waals surface area (Å²) in [7, 11) is 3.10. The van der Waals surface area contributed by atoms with Gasteiger partial charge in [0.25, 0.3) is 5.91 Å². The number of rotatable bonds is 5. The van der Waals surface area contributed by atoms with E-state index in [1.807, 2.05) is 0 Å². The van der Waals surface area contributed by atoms with E-state index in [-0.39, 0.29) is 12.5 Å². The van der Waals surface area contributed by atoms with E-state index in [1.165, 1.54) is 24.1 Å². The Hall–Kier alpha value is -3.09. The van der Waals surface area contributed by atoms with Crippen LogP contribution in [0.5, 0.6) is 5.75 Å². The van der Waals surface area contributed by atoms with Crippen LogP contribution in [0, 0.1) is 5.82 Å². The van der Waals surface area contributed by atoms with E-state index in [4.69, 9.17) is 9.15 Å². The third-order valence-electron chi connectivity index (χ3n) is 3.57. The second kappa shape index (κ2) is 6.57. The van der Waals surface area contributed by atoms with Crippen LogP contribution in [0.25, 0.3) is 11.3 Å². The summed E-state index contributed by atoms with van der Waals surface area (Å²) in [5.41, 5.74) is 1.00. The second-order valence-corrected chi connectivity index (χ2v) is 5.15. The molecule has 3 rings (SSSR count). The van der Waals surface area contributed by atoms with Gasteiger partial charge in [-0.2, -0.15) is 5.10 Å². The third kappa shape index (κ3) is 3.15. The molecule has 0 radical (unpaired) electrons. The smallest absolute Gasteiger partial charge is 0.269 e. The molecule has 2 heterocycles. The Kier molecular flexibility index (Phi) is 4.33. The first kappa shape index (κ1) is 15.8. The summed E-state index contributed by atoms with van der Waals surface area (Å²) in [6.45, 7) is 0.267. The topological polar surface area (TPSA) is 69.3 Å². The first-order chi connectivity index (χ1) is 11.6. The minimum absolute atomic E-state index is 0.267. The van der Waals surface area contributed by atoms with Crippen LogP contribution in [0.3, 0.4) is 0 Å². The Morgan fingerprint density at radius 2 is 2.21 bits per heavy atom. The summed E-state index contributed by atoms with van der Waals surface area (Å²) in [5.74, 6) is 0.284. The van der Waals surface area contributed by atoms with E-state index < -0.39 is 5.82 Å². The van der Waals surface area contributed by atoms with Gasteiger partial charge in [0.05, 0.1) is 25.6 Å². The van der Waals surface area contributed by atoms with Crippen molar-refractivity contribution < 1.29 is 18.3 Å². The molecule has 0 spiro atoms. The Labute approximate surface area is 137 Å². The molecule has 0 aliphatic carbocycles. The van der Waals surface area contributed by atoms with Crippen molar-refractivity contribution in [2.75, 3.05) is 7.11 Å². The molecule has 0 aliphatic heterocycles.